The number of sulfone groups is 1. The molecule has 0 aromatic rings. The van der Waals surface area contributed by atoms with Crippen LogP contribution >= 0.6 is 0 Å². The molecule has 0 radical (unpaired) electrons. The first-order chi connectivity index (χ1) is 10.4. The van der Waals surface area contributed by atoms with Crippen molar-refractivity contribution in [3.63, 3.8) is 0 Å². The van der Waals surface area contributed by atoms with Gasteiger partial charge in [-0.2, -0.15) is 0 Å². The van der Waals surface area contributed by atoms with Crippen LogP contribution in [0, 0.1) is 5.92 Å². The zero-order valence-corrected chi connectivity index (χ0v) is 14.4. The Morgan fingerprint density at radius 1 is 1.32 bits per heavy atom. The highest BCUT2D eigenvalue weighted by molar-refractivity contribution is 7.91. The quantitative estimate of drug-likeness (QED) is 0.773. The highest BCUT2D eigenvalue weighted by Gasteiger charge is 2.37. The summed E-state index contributed by atoms with van der Waals surface area (Å²) in [6.07, 6.45) is 2.39. The molecular formula is C15H28N2O4S. The van der Waals surface area contributed by atoms with Gasteiger partial charge in [-0.05, 0) is 52.1 Å². The van der Waals surface area contributed by atoms with Crippen LogP contribution in [-0.4, -0.2) is 79.1 Å². The van der Waals surface area contributed by atoms with Crippen LogP contribution in [0.15, 0.2) is 0 Å². The Morgan fingerprint density at radius 3 is 2.41 bits per heavy atom. The summed E-state index contributed by atoms with van der Waals surface area (Å²) in [7, 11) is -2.98. The Bertz CT molecular complexity index is 486. The third-order valence-corrected chi connectivity index (χ3v) is 6.84. The lowest BCUT2D eigenvalue weighted by molar-refractivity contribution is -0.138. The summed E-state index contributed by atoms with van der Waals surface area (Å²) in [4.78, 5) is 16.7. The number of hydrogen-bond donors (Lipinski definition) is 1. The molecule has 2 aliphatic rings. The summed E-state index contributed by atoms with van der Waals surface area (Å²) in [6, 6.07) is -0.386. The number of nitrogens with zero attached hydrogens (tertiary/aromatic N) is 2. The molecule has 2 rings (SSSR count). The zero-order valence-electron chi connectivity index (χ0n) is 13.6. The van der Waals surface area contributed by atoms with E-state index in [0.717, 1.165) is 25.9 Å². The Kier molecular flexibility index (Phi) is 5.85. The minimum atomic E-state index is -2.98. The first-order valence-corrected chi connectivity index (χ1v) is 10.1. The predicted octanol–water partition coefficient (Wildman–Crippen LogP) is 0.115. The number of hydrogen-bond acceptors (Lipinski definition) is 5. The van der Waals surface area contributed by atoms with Gasteiger partial charge in [0.2, 0.25) is 5.91 Å². The molecule has 0 aliphatic carbocycles. The summed E-state index contributed by atoms with van der Waals surface area (Å²) in [5, 5.41) is 9.19. The normalized spacial score (nSPS) is 27.7. The molecule has 0 unspecified atom stereocenters. The third-order valence-electron chi connectivity index (χ3n) is 5.09. The lowest BCUT2D eigenvalue weighted by Crippen LogP contribution is -2.52. The van der Waals surface area contributed by atoms with Gasteiger partial charge in [0.05, 0.1) is 17.5 Å². The Morgan fingerprint density at radius 2 is 1.95 bits per heavy atom. The highest BCUT2D eigenvalue weighted by atomic mass is 32.2. The maximum atomic E-state index is 12.8. The lowest BCUT2D eigenvalue weighted by atomic mass is 9.96. The van der Waals surface area contributed by atoms with Crippen molar-refractivity contribution < 1.29 is 18.3 Å². The molecule has 2 fully saturated rings. The molecular weight excluding hydrogens is 304 g/mol. The van der Waals surface area contributed by atoms with Crippen LogP contribution < -0.4 is 0 Å². The molecule has 6 nitrogen and oxygen atoms in total. The van der Waals surface area contributed by atoms with Crippen molar-refractivity contribution in [2.24, 2.45) is 5.92 Å². The Hall–Kier alpha value is -0.660. The van der Waals surface area contributed by atoms with E-state index >= 15 is 0 Å². The second-order valence-electron chi connectivity index (χ2n) is 6.52. The third kappa shape index (κ3) is 4.00. The van der Waals surface area contributed by atoms with Gasteiger partial charge in [-0.3, -0.25) is 9.69 Å². The molecule has 7 heteroatoms. The van der Waals surface area contributed by atoms with Crippen molar-refractivity contribution in [2.45, 2.75) is 45.2 Å². The zero-order chi connectivity index (χ0) is 16.3. The molecule has 0 aromatic carbocycles. The summed E-state index contributed by atoms with van der Waals surface area (Å²) in [6.45, 7) is 6.23. The molecule has 128 valence electrons. The van der Waals surface area contributed by atoms with Crippen molar-refractivity contribution in [3.8, 4) is 0 Å². The van der Waals surface area contributed by atoms with E-state index in [9.17, 15) is 18.3 Å². The standard InChI is InChI=1S/C15H28N2O4S/c1-3-17(14-6-9-22(20,21)11-14)15(19)12(2)16-7-4-13(10-18)5-8-16/h12-14,18H,3-11H2,1-2H3/t12-,14-/m0/s1. The van der Waals surface area contributed by atoms with Crippen LogP contribution in [-0.2, 0) is 14.6 Å². The number of amides is 1. The van der Waals surface area contributed by atoms with E-state index in [4.69, 9.17) is 0 Å². The molecule has 1 amide bonds. The van der Waals surface area contributed by atoms with Crippen molar-refractivity contribution in [3.05, 3.63) is 0 Å². The van der Waals surface area contributed by atoms with E-state index in [1.165, 1.54) is 0 Å². The van der Waals surface area contributed by atoms with Gasteiger partial charge in [0.15, 0.2) is 9.84 Å². The maximum absolute atomic E-state index is 12.8. The van der Waals surface area contributed by atoms with Gasteiger partial charge in [-0.15, -0.1) is 0 Å². The molecule has 2 aliphatic heterocycles. The summed E-state index contributed by atoms with van der Waals surface area (Å²) in [5.41, 5.74) is 0. The largest absolute Gasteiger partial charge is 0.396 e. The van der Waals surface area contributed by atoms with E-state index in [-0.39, 0.29) is 36.1 Å². The van der Waals surface area contributed by atoms with Gasteiger partial charge in [-0.1, -0.05) is 0 Å². The predicted molar refractivity (Wildman–Crippen MR) is 85.3 cm³/mol. The van der Waals surface area contributed by atoms with Crippen LogP contribution in [0.2, 0.25) is 0 Å². The van der Waals surface area contributed by atoms with E-state index < -0.39 is 9.84 Å². The Balaban J connectivity index is 1.96. The number of carbonyl (C=O) groups excluding carboxylic acids is 1. The average Bonchev–Trinajstić information content (AvgIpc) is 2.87. The van der Waals surface area contributed by atoms with Gasteiger partial charge >= 0.3 is 0 Å². The van der Waals surface area contributed by atoms with Crippen molar-refractivity contribution in [1.82, 2.24) is 9.80 Å². The van der Waals surface area contributed by atoms with E-state index in [1.54, 1.807) is 4.90 Å². The molecule has 22 heavy (non-hydrogen) atoms. The summed E-state index contributed by atoms with van der Waals surface area (Å²) < 4.78 is 23.3. The summed E-state index contributed by atoms with van der Waals surface area (Å²) in [5.74, 6) is 0.678. The molecule has 2 saturated heterocycles. The monoisotopic (exact) mass is 332 g/mol. The summed E-state index contributed by atoms with van der Waals surface area (Å²) >= 11 is 0. The van der Waals surface area contributed by atoms with E-state index in [2.05, 4.69) is 4.90 Å². The van der Waals surface area contributed by atoms with E-state index in [0.29, 0.717) is 18.9 Å². The van der Waals surface area contributed by atoms with E-state index in [1.807, 2.05) is 13.8 Å². The SMILES string of the molecule is CCN(C(=O)[C@H](C)N1CCC(CO)CC1)[C@H]1CCS(=O)(=O)C1. The highest BCUT2D eigenvalue weighted by Crippen LogP contribution is 2.22. The first-order valence-electron chi connectivity index (χ1n) is 8.23. The van der Waals surface area contributed by atoms with Gasteiger partial charge < -0.3 is 10.0 Å². The fourth-order valence-corrected chi connectivity index (χ4v) is 5.26. The van der Waals surface area contributed by atoms with Gasteiger partial charge in [-0.25, -0.2) is 8.42 Å². The van der Waals surface area contributed by atoms with Gasteiger partial charge in [0.1, 0.15) is 0 Å². The van der Waals surface area contributed by atoms with Gasteiger partial charge in [0.25, 0.3) is 0 Å². The molecule has 1 N–H and O–H groups in total. The first kappa shape index (κ1) is 17.7. The number of aliphatic hydroxyl groups excluding tert-OH is 1. The van der Waals surface area contributed by atoms with Crippen LogP contribution in [0.3, 0.4) is 0 Å². The topological polar surface area (TPSA) is 77.9 Å². The second kappa shape index (κ2) is 7.27. The smallest absolute Gasteiger partial charge is 0.239 e. The minimum absolute atomic E-state index is 0.0343. The van der Waals surface area contributed by atoms with Crippen LogP contribution in [0.4, 0.5) is 0 Å². The maximum Gasteiger partial charge on any atom is 0.239 e. The average molecular weight is 332 g/mol. The molecule has 2 heterocycles. The lowest BCUT2D eigenvalue weighted by Gasteiger charge is -2.38. The van der Waals surface area contributed by atoms with Crippen molar-refractivity contribution in [1.29, 1.82) is 0 Å². The second-order valence-corrected chi connectivity index (χ2v) is 8.75. The number of aliphatic hydroxyl groups is 1. The Labute approximate surface area is 133 Å². The van der Waals surface area contributed by atoms with Crippen LogP contribution in [0.25, 0.3) is 0 Å². The molecule has 2 atom stereocenters. The number of piperidine rings is 1. The van der Waals surface area contributed by atoms with Gasteiger partial charge in [0, 0.05) is 19.2 Å². The minimum Gasteiger partial charge on any atom is -0.396 e. The number of likely N-dealkylation sites (N-methyl/N-ethyl adjacent to an activating group) is 1. The molecule has 0 spiro atoms. The molecule has 0 saturated carbocycles. The number of likely N-dealkylation sites (tertiary alicyclic amines) is 1. The van der Waals surface area contributed by atoms with Crippen molar-refractivity contribution in [2.75, 3.05) is 37.7 Å². The van der Waals surface area contributed by atoms with Crippen molar-refractivity contribution >= 4 is 15.7 Å². The molecule has 0 aromatic heterocycles. The number of carbonyl (C=O) groups is 1. The molecule has 0 bridgehead atoms. The number of rotatable bonds is 5. The fraction of sp³-hybridized carbons (Fsp3) is 0.933. The van der Waals surface area contributed by atoms with Crippen LogP contribution in [0.1, 0.15) is 33.1 Å². The van der Waals surface area contributed by atoms with Crippen LogP contribution in [0.5, 0.6) is 0 Å². The fourth-order valence-electron chi connectivity index (χ4n) is 3.53.